The molecule has 2 aromatic heterocycles. The Morgan fingerprint density at radius 2 is 2.00 bits per heavy atom. The standard InChI is InChI=1S/C17H17ClN4O/c1-12-11-21(8-9-23-12)17-7-6-16-19-10-15(22(16)20-17)13-2-4-14(18)5-3-13/h2-7,10,12H,8-9,11H2,1H3/t12-/m0/s1. The maximum Gasteiger partial charge on any atom is 0.154 e. The van der Waals surface area contributed by atoms with Gasteiger partial charge in [-0.1, -0.05) is 23.7 Å². The van der Waals surface area contributed by atoms with E-state index in [-0.39, 0.29) is 6.10 Å². The third kappa shape index (κ3) is 2.78. The van der Waals surface area contributed by atoms with Crippen molar-refractivity contribution < 1.29 is 4.74 Å². The Morgan fingerprint density at radius 1 is 1.17 bits per heavy atom. The largest absolute Gasteiger partial charge is 0.375 e. The number of fused-ring (bicyclic) bond motifs is 1. The molecular weight excluding hydrogens is 312 g/mol. The van der Waals surface area contributed by atoms with Gasteiger partial charge in [0, 0.05) is 23.7 Å². The van der Waals surface area contributed by atoms with Crippen LogP contribution in [0, 0.1) is 0 Å². The Morgan fingerprint density at radius 3 is 2.78 bits per heavy atom. The molecule has 0 aliphatic carbocycles. The minimum Gasteiger partial charge on any atom is -0.375 e. The van der Waals surface area contributed by atoms with E-state index in [1.165, 1.54) is 0 Å². The molecule has 0 spiro atoms. The molecule has 1 fully saturated rings. The Hall–Kier alpha value is -2.11. The van der Waals surface area contributed by atoms with Crippen LogP contribution in [0.3, 0.4) is 0 Å². The van der Waals surface area contributed by atoms with E-state index in [4.69, 9.17) is 21.4 Å². The zero-order chi connectivity index (χ0) is 15.8. The Balaban J connectivity index is 1.75. The van der Waals surface area contributed by atoms with E-state index >= 15 is 0 Å². The highest BCUT2D eigenvalue weighted by Gasteiger charge is 2.19. The quantitative estimate of drug-likeness (QED) is 0.724. The third-order valence-corrected chi connectivity index (χ3v) is 4.31. The molecule has 1 atom stereocenters. The summed E-state index contributed by atoms with van der Waals surface area (Å²) >= 11 is 5.98. The summed E-state index contributed by atoms with van der Waals surface area (Å²) in [6, 6.07) is 11.7. The van der Waals surface area contributed by atoms with Gasteiger partial charge in [0.05, 0.1) is 24.6 Å². The molecular formula is C17H17ClN4O. The number of rotatable bonds is 2. The zero-order valence-electron chi connectivity index (χ0n) is 12.8. The van der Waals surface area contributed by atoms with Gasteiger partial charge in [0.25, 0.3) is 0 Å². The molecule has 0 bridgehead atoms. The van der Waals surface area contributed by atoms with E-state index in [2.05, 4.69) is 16.8 Å². The molecule has 1 aromatic carbocycles. The first kappa shape index (κ1) is 14.5. The zero-order valence-corrected chi connectivity index (χ0v) is 13.6. The summed E-state index contributed by atoms with van der Waals surface area (Å²) in [5.74, 6) is 0.945. The number of ether oxygens (including phenoxy) is 1. The first-order chi connectivity index (χ1) is 11.2. The highest BCUT2D eigenvalue weighted by atomic mass is 35.5. The summed E-state index contributed by atoms with van der Waals surface area (Å²) < 4.78 is 7.49. The van der Waals surface area contributed by atoms with Crippen molar-refractivity contribution in [3.8, 4) is 11.3 Å². The minimum absolute atomic E-state index is 0.222. The Kier molecular flexibility index (Phi) is 3.67. The van der Waals surface area contributed by atoms with Crippen molar-refractivity contribution in [1.82, 2.24) is 14.6 Å². The second-order valence-corrected chi connectivity index (χ2v) is 6.18. The summed E-state index contributed by atoms with van der Waals surface area (Å²) in [6.07, 6.45) is 2.07. The van der Waals surface area contributed by atoms with Gasteiger partial charge in [-0.25, -0.2) is 9.50 Å². The lowest BCUT2D eigenvalue weighted by Gasteiger charge is -2.31. The number of hydrogen-bond donors (Lipinski definition) is 0. The molecule has 0 radical (unpaired) electrons. The SMILES string of the molecule is C[C@H]1CN(c2ccc3ncc(-c4ccc(Cl)cc4)n3n2)CCO1. The van der Waals surface area contributed by atoms with Crippen LogP contribution in [0.1, 0.15) is 6.92 Å². The molecule has 0 saturated carbocycles. The smallest absolute Gasteiger partial charge is 0.154 e. The van der Waals surface area contributed by atoms with Crippen molar-refractivity contribution in [1.29, 1.82) is 0 Å². The summed E-state index contributed by atoms with van der Waals surface area (Å²) in [5.41, 5.74) is 2.83. The van der Waals surface area contributed by atoms with Crippen molar-refractivity contribution in [2.75, 3.05) is 24.6 Å². The molecule has 5 nitrogen and oxygen atoms in total. The van der Waals surface area contributed by atoms with Crippen LogP contribution in [0.4, 0.5) is 5.82 Å². The number of benzene rings is 1. The fourth-order valence-electron chi connectivity index (χ4n) is 2.88. The highest BCUT2D eigenvalue weighted by Crippen LogP contribution is 2.24. The van der Waals surface area contributed by atoms with Gasteiger partial charge in [0.1, 0.15) is 5.82 Å². The normalized spacial score (nSPS) is 18.5. The number of anilines is 1. The second-order valence-electron chi connectivity index (χ2n) is 5.74. The van der Waals surface area contributed by atoms with Crippen LogP contribution in [-0.2, 0) is 4.74 Å². The van der Waals surface area contributed by atoms with Crippen LogP contribution in [0.15, 0.2) is 42.6 Å². The highest BCUT2D eigenvalue weighted by molar-refractivity contribution is 6.30. The van der Waals surface area contributed by atoms with Crippen molar-refractivity contribution in [2.45, 2.75) is 13.0 Å². The Labute approximate surface area is 139 Å². The van der Waals surface area contributed by atoms with E-state index in [0.29, 0.717) is 0 Å². The third-order valence-electron chi connectivity index (χ3n) is 4.05. The fourth-order valence-corrected chi connectivity index (χ4v) is 3.00. The molecule has 4 rings (SSSR count). The van der Waals surface area contributed by atoms with Gasteiger partial charge in [-0.3, -0.25) is 0 Å². The van der Waals surface area contributed by atoms with Crippen LogP contribution in [0.2, 0.25) is 5.02 Å². The molecule has 118 valence electrons. The van der Waals surface area contributed by atoms with Gasteiger partial charge in [-0.2, -0.15) is 0 Å². The van der Waals surface area contributed by atoms with Crippen molar-refractivity contribution >= 4 is 23.1 Å². The molecule has 1 saturated heterocycles. The van der Waals surface area contributed by atoms with Crippen LogP contribution in [-0.4, -0.2) is 40.4 Å². The summed E-state index contributed by atoms with van der Waals surface area (Å²) in [7, 11) is 0. The average molecular weight is 329 g/mol. The lowest BCUT2D eigenvalue weighted by molar-refractivity contribution is 0.0529. The van der Waals surface area contributed by atoms with E-state index in [0.717, 1.165) is 47.4 Å². The van der Waals surface area contributed by atoms with Gasteiger partial charge in [0.15, 0.2) is 5.65 Å². The first-order valence-electron chi connectivity index (χ1n) is 7.68. The summed E-state index contributed by atoms with van der Waals surface area (Å²) in [5, 5.41) is 5.50. The monoisotopic (exact) mass is 328 g/mol. The molecule has 1 aliphatic rings. The first-order valence-corrected chi connectivity index (χ1v) is 8.06. The van der Waals surface area contributed by atoms with E-state index < -0.39 is 0 Å². The van der Waals surface area contributed by atoms with Crippen LogP contribution in [0.25, 0.3) is 16.9 Å². The Bertz CT molecular complexity index is 830. The van der Waals surface area contributed by atoms with Crippen molar-refractivity contribution in [3.63, 3.8) is 0 Å². The van der Waals surface area contributed by atoms with Gasteiger partial charge in [0.2, 0.25) is 0 Å². The van der Waals surface area contributed by atoms with Crippen LogP contribution in [0.5, 0.6) is 0 Å². The maximum atomic E-state index is 5.98. The number of hydrogen-bond acceptors (Lipinski definition) is 4. The molecule has 0 amide bonds. The topological polar surface area (TPSA) is 42.7 Å². The number of imidazole rings is 1. The summed E-state index contributed by atoms with van der Waals surface area (Å²) in [4.78, 5) is 6.69. The molecule has 3 heterocycles. The number of morpholine rings is 1. The second kappa shape index (κ2) is 5.83. The van der Waals surface area contributed by atoms with Gasteiger partial charge in [-0.05, 0) is 31.2 Å². The fraction of sp³-hybridized carbons (Fsp3) is 0.294. The molecule has 6 heteroatoms. The molecule has 23 heavy (non-hydrogen) atoms. The van der Waals surface area contributed by atoms with Crippen LogP contribution < -0.4 is 4.90 Å². The van der Waals surface area contributed by atoms with Crippen molar-refractivity contribution in [3.05, 3.63) is 47.6 Å². The minimum atomic E-state index is 0.222. The number of nitrogens with zero attached hydrogens (tertiary/aromatic N) is 4. The van der Waals surface area contributed by atoms with Gasteiger partial charge >= 0.3 is 0 Å². The predicted octanol–water partition coefficient (Wildman–Crippen LogP) is 3.27. The van der Waals surface area contributed by atoms with E-state index in [1.54, 1.807) is 0 Å². The van der Waals surface area contributed by atoms with E-state index in [9.17, 15) is 0 Å². The number of halogens is 1. The lowest BCUT2D eigenvalue weighted by Crippen LogP contribution is -2.41. The molecule has 0 unspecified atom stereocenters. The summed E-state index contributed by atoms with van der Waals surface area (Å²) in [6.45, 7) is 4.52. The van der Waals surface area contributed by atoms with Crippen molar-refractivity contribution in [2.24, 2.45) is 0 Å². The molecule has 0 N–H and O–H groups in total. The van der Waals surface area contributed by atoms with Gasteiger partial charge < -0.3 is 9.64 Å². The van der Waals surface area contributed by atoms with Crippen LogP contribution >= 0.6 is 11.6 Å². The van der Waals surface area contributed by atoms with E-state index in [1.807, 2.05) is 47.1 Å². The lowest BCUT2D eigenvalue weighted by atomic mass is 10.2. The molecule has 1 aliphatic heterocycles. The predicted molar refractivity (Wildman–Crippen MR) is 91.1 cm³/mol. The number of aromatic nitrogens is 3. The maximum absolute atomic E-state index is 5.98. The molecule has 3 aromatic rings. The average Bonchev–Trinajstić information content (AvgIpc) is 2.99. The van der Waals surface area contributed by atoms with Gasteiger partial charge in [-0.15, -0.1) is 5.10 Å².